The first kappa shape index (κ1) is 21.8. The molecule has 2 aliphatic rings. The van der Waals surface area contributed by atoms with Crippen LogP contribution in [0.5, 0.6) is 0 Å². The molecule has 5 heterocycles. The number of hydrogen-bond donors (Lipinski definition) is 2. The van der Waals surface area contributed by atoms with Crippen molar-refractivity contribution >= 4 is 33.8 Å². The van der Waals surface area contributed by atoms with E-state index in [9.17, 15) is 9.59 Å². The second kappa shape index (κ2) is 9.14. The molecule has 180 valence electrons. The van der Waals surface area contributed by atoms with Crippen molar-refractivity contribution in [3.63, 3.8) is 0 Å². The largest absolute Gasteiger partial charge is 0.467 e. The Morgan fingerprint density at radius 2 is 2.03 bits per heavy atom. The number of nitrogens with one attached hydrogen (secondary N) is 2. The Hall–Kier alpha value is -3.73. The number of likely N-dealkylation sites (tertiary alicyclic amines) is 1. The quantitative estimate of drug-likeness (QED) is 0.408. The summed E-state index contributed by atoms with van der Waals surface area (Å²) in [6.07, 6.45) is 8.68. The zero-order chi connectivity index (χ0) is 23.8. The predicted octanol–water partition coefficient (Wildman–Crippen LogP) is 3.19. The predicted molar refractivity (Wildman–Crippen MR) is 130 cm³/mol. The van der Waals surface area contributed by atoms with Crippen LogP contribution < -0.4 is 10.6 Å². The van der Waals surface area contributed by atoms with E-state index in [1.807, 2.05) is 23.7 Å². The Balaban J connectivity index is 1.22. The molecule has 35 heavy (non-hydrogen) atoms. The molecule has 0 atom stereocenters. The van der Waals surface area contributed by atoms with Crippen molar-refractivity contribution in [1.82, 2.24) is 29.8 Å². The normalized spacial score (nSPS) is 16.5. The van der Waals surface area contributed by atoms with Gasteiger partial charge in [-0.05, 0) is 37.8 Å². The third-order valence-electron chi connectivity index (χ3n) is 6.42. The minimum atomic E-state index is -0.142. The minimum Gasteiger partial charge on any atom is -0.467 e. The number of carbonyl (C=O) groups excluding carboxylic acids is 2. The van der Waals surface area contributed by atoms with E-state index in [0.29, 0.717) is 37.0 Å². The van der Waals surface area contributed by atoms with Crippen molar-refractivity contribution < 1.29 is 14.0 Å². The molecule has 0 spiro atoms. The lowest BCUT2D eigenvalue weighted by Crippen LogP contribution is -2.47. The lowest BCUT2D eigenvalue weighted by Gasteiger charge is -2.32. The van der Waals surface area contributed by atoms with Gasteiger partial charge in [-0.15, -0.1) is 11.3 Å². The van der Waals surface area contributed by atoms with Gasteiger partial charge in [-0.25, -0.2) is 14.5 Å². The van der Waals surface area contributed by atoms with Gasteiger partial charge >= 0.3 is 0 Å². The van der Waals surface area contributed by atoms with E-state index in [1.54, 1.807) is 39.3 Å². The van der Waals surface area contributed by atoms with Gasteiger partial charge in [0.25, 0.3) is 5.91 Å². The Kier molecular flexibility index (Phi) is 5.69. The lowest BCUT2D eigenvalue weighted by atomic mass is 10.0. The summed E-state index contributed by atoms with van der Waals surface area (Å²) in [5.74, 6) is 1.96. The van der Waals surface area contributed by atoms with Gasteiger partial charge in [-0.1, -0.05) is 0 Å². The molecule has 0 unspecified atom stereocenters. The highest BCUT2D eigenvalue weighted by molar-refractivity contribution is 7.16. The second-order valence-corrected chi connectivity index (χ2v) is 9.85. The lowest BCUT2D eigenvalue weighted by molar-refractivity contribution is -0.123. The molecule has 1 saturated carbocycles. The van der Waals surface area contributed by atoms with E-state index >= 15 is 0 Å². The highest BCUT2D eigenvalue weighted by Gasteiger charge is 2.32. The van der Waals surface area contributed by atoms with Gasteiger partial charge in [-0.3, -0.25) is 9.59 Å². The number of aromatic nitrogens is 4. The first-order valence-electron chi connectivity index (χ1n) is 11.8. The fourth-order valence-corrected chi connectivity index (χ4v) is 5.08. The SMILES string of the molecule is O=C(NC1CCN(C(=O)c2cc(NCc3ccco3)nc(-c3cnn4ccsc34)n2)CC1)C1CC1. The summed E-state index contributed by atoms with van der Waals surface area (Å²) in [7, 11) is 0. The topological polar surface area (TPSA) is 118 Å². The van der Waals surface area contributed by atoms with Gasteiger partial charge in [0.2, 0.25) is 5.91 Å². The average molecular weight is 492 g/mol. The molecule has 4 aromatic rings. The van der Waals surface area contributed by atoms with Crippen LogP contribution in [0.3, 0.4) is 0 Å². The van der Waals surface area contributed by atoms with Gasteiger partial charge in [0.15, 0.2) is 5.82 Å². The molecule has 0 aromatic carbocycles. The number of carbonyl (C=O) groups is 2. The molecule has 6 rings (SSSR count). The molecule has 10 nitrogen and oxygen atoms in total. The number of thiazole rings is 1. The molecule has 2 amide bonds. The molecule has 0 bridgehead atoms. The van der Waals surface area contributed by atoms with Crippen LogP contribution in [-0.2, 0) is 11.3 Å². The van der Waals surface area contributed by atoms with Crippen LogP contribution in [0.2, 0.25) is 0 Å². The molecular weight excluding hydrogens is 466 g/mol. The van der Waals surface area contributed by atoms with Crippen LogP contribution in [0, 0.1) is 5.92 Å². The summed E-state index contributed by atoms with van der Waals surface area (Å²) in [5, 5.41) is 12.7. The zero-order valence-corrected chi connectivity index (χ0v) is 19.8. The maximum atomic E-state index is 13.5. The van der Waals surface area contributed by atoms with Crippen LogP contribution in [-0.4, -0.2) is 55.4 Å². The van der Waals surface area contributed by atoms with Crippen LogP contribution >= 0.6 is 11.3 Å². The Labute approximate surface area is 205 Å². The number of anilines is 1. The molecule has 0 radical (unpaired) electrons. The number of nitrogens with zero attached hydrogens (tertiary/aromatic N) is 5. The van der Waals surface area contributed by atoms with Gasteiger partial charge < -0.3 is 20.0 Å². The van der Waals surface area contributed by atoms with Crippen molar-refractivity contribution in [2.24, 2.45) is 5.92 Å². The maximum absolute atomic E-state index is 13.5. The molecule has 2 fully saturated rings. The molecule has 1 aliphatic carbocycles. The first-order chi connectivity index (χ1) is 17.1. The number of piperidine rings is 1. The van der Waals surface area contributed by atoms with E-state index in [1.165, 1.54) is 0 Å². The van der Waals surface area contributed by atoms with Crippen molar-refractivity contribution in [2.75, 3.05) is 18.4 Å². The standard InChI is InChI=1S/C24H25N7O3S/c32-22(15-3-4-15)27-16-5-7-30(8-6-16)23(33)19-12-20(25-13-17-2-1-10-34-17)29-21(28-19)18-14-26-31-9-11-35-24(18)31/h1-2,9-12,14-16H,3-8,13H2,(H,27,32)(H,25,28,29). The Morgan fingerprint density at radius 1 is 1.17 bits per heavy atom. The first-order valence-corrected chi connectivity index (χ1v) is 12.7. The molecule has 2 N–H and O–H groups in total. The Morgan fingerprint density at radius 3 is 2.80 bits per heavy atom. The summed E-state index contributed by atoms with van der Waals surface area (Å²) in [6.45, 7) is 1.59. The summed E-state index contributed by atoms with van der Waals surface area (Å²) in [4.78, 5) is 37.6. The van der Waals surface area contributed by atoms with Gasteiger partial charge in [0.05, 0.1) is 24.6 Å². The van der Waals surface area contributed by atoms with Gasteiger partial charge in [0.1, 0.15) is 22.1 Å². The van der Waals surface area contributed by atoms with Crippen LogP contribution in [0.4, 0.5) is 5.82 Å². The highest BCUT2D eigenvalue weighted by atomic mass is 32.1. The minimum absolute atomic E-state index is 0.123. The maximum Gasteiger partial charge on any atom is 0.272 e. The summed E-state index contributed by atoms with van der Waals surface area (Å²) in [6, 6.07) is 5.51. The van der Waals surface area contributed by atoms with Crippen LogP contribution in [0.1, 0.15) is 41.9 Å². The van der Waals surface area contributed by atoms with Crippen LogP contribution in [0.25, 0.3) is 16.2 Å². The molecule has 11 heteroatoms. The Bertz CT molecular complexity index is 1350. The van der Waals surface area contributed by atoms with Gasteiger partial charge in [0, 0.05) is 42.7 Å². The third kappa shape index (κ3) is 4.63. The second-order valence-electron chi connectivity index (χ2n) is 8.96. The summed E-state index contributed by atoms with van der Waals surface area (Å²) < 4.78 is 7.18. The van der Waals surface area contributed by atoms with Crippen molar-refractivity contribution in [3.8, 4) is 11.4 Å². The number of amides is 2. The number of hydrogen-bond acceptors (Lipinski definition) is 8. The van der Waals surface area contributed by atoms with E-state index in [-0.39, 0.29) is 23.8 Å². The third-order valence-corrected chi connectivity index (χ3v) is 7.31. The highest BCUT2D eigenvalue weighted by Crippen LogP contribution is 2.30. The number of furan rings is 1. The van der Waals surface area contributed by atoms with Gasteiger partial charge in [-0.2, -0.15) is 5.10 Å². The monoisotopic (exact) mass is 491 g/mol. The number of fused-ring (bicyclic) bond motifs is 1. The molecule has 1 saturated heterocycles. The van der Waals surface area contributed by atoms with E-state index in [2.05, 4.69) is 25.7 Å². The van der Waals surface area contributed by atoms with Crippen molar-refractivity contribution in [1.29, 1.82) is 0 Å². The molecule has 4 aromatic heterocycles. The average Bonchev–Trinajstić information content (AvgIpc) is 3.23. The van der Waals surface area contributed by atoms with E-state index < -0.39 is 0 Å². The summed E-state index contributed by atoms with van der Waals surface area (Å²) >= 11 is 1.54. The zero-order valence-electron chi connectivity index (χ0n) is 19.0. The molecular formula is C24H25N7O3S. The van der Waals surface area contributed by atoms with E-state index in [4.69, 9.17) is 4.42 Å². The fourth-order valence-electron chi connectivity index (χ4n) is 4.29. The molecule has 1 aliphatic heterocycles. The number of rotatable bonds is 7. The van der Waals surface area contributed by atoms with E-state index in [0.717, 1.165) is 41.8 Å². The fraction of sp³-hybridized carbons (Fsp3) is 0.375. The van der Waals surface area contributed by atoms with Crippen molar-refractivity contribution in [2.45, 2.75) is 38.3 Å². The smallest absolute Gasteiger partial charge is 0.272 e. The summed E-state index contributed by atoms with van der Waals surface area (Å²) in [5.41, 5.74) is 1.10. The van der Waals surface area contributed by atoms with Crippen LogP contribution in [0.15, 0.2) is 46.7 Å². The van der Waals surface area contributed by atoms with Crippen molar-refractivity contribution in [3.05, 3.63) is 53.7 Å².